The molecular weight excluding hydrogens is 292 g/mol. The van der Waals surface area contributed by atoms with Crippen LogP contribution < -0.4 is 5.32 Å². The van der Waals surface area contributed by atoms with Gasteiger partial charge < -0.3 is 10.4 Å². The van der Waals surface area contributed by atoms with E-state index in [0.717, 1.165) is 25.3 Å². The van der Waals surface area contributed by atoms with Gasteiger partial charge in [0, 0.05) is 18.6 Å². The molecule has 6 heteroatoms. The van der Waals surface area contributed by atoms with Crippen molar-refractivity contribution in [1.29, 1.82) is 0 Å². The zero-order valence-corrected chi connectivity index (χ0v) is 11.6. The molecular formula is C13H14Cl2FNO2. The summed E-state index contributed by atoms with van der Waals surface area (Å²) in [5, 5.41) is 12.0. The first-order valence-corrected chi connectivity index (χ1v) is 6.84. The largest absolute Gasteiger partial charge is 0.396 e. The molecule has 1 aliphatic carbocycles. The molecule has 104 valence electrons. The van der Waals surface area contributed by atoms with Crippen LogP contribution in [0.3, 0.4) is 0 Å². The van der Waals surface area contributed by atoms with Crippen LogP contribution in [0, 0.1) is 11.7 Å². The van der Waals surface area contributed by atoms with Gasteiger partial charge in [-0.1, -0.05) is 29.6 Å². The SMILES string of the molecule is O=C(NC1CCCC1CO)c1cc(F)c(Cl)cc1Cl. The molecule has 0 radical (unpaired) electrons. The van der Waals surface area contributed by atoms with Crippen molar-refractivity contribution in [3.05, 3.63) is 33.6 Å². The Bertz CT molecular complexity index is 496. The highest BCUT2D eigenvalue weighted by Crippen LogP contribution is 2.27. The molecule has 1 aromatic carbocycles. The van der Waals surface area contributed by atoms with Crippen LogP contribution in [0.15, 0.2) is 12.1 Å². The van der Waals surface area contributed by atoms with Gasteiger partial charge in [-0.05, 0) is 25.0 Å². The number of carbonyl (C=O) groups excluding carboxylic acids is 1. The number of carbonyl (C=O) groups is 1. The van der Waals surface area contributed by atoms with Crippen molar-refractivity contribution >= 4 is 29.1 Å². The number of aliphatic hydroxyl groups excluding tert-OH is 1. The molecule has 2 atom stereocenters. The third-order valence-corrected chi connectivity index (χ3v) is 4.07. The number of hydrogen-bond donors (Lipinski definition) is 2. The van der Waals surface area contributed by atoms with Crippen LogP contribution in [0.4, 0.5) is 4.39 Å². The number of aliphatic hydroxyl groups is 1. The number of amides is 1. The quantitative estimate of drug-likeness (QED) is 0.843. The molecule has 1 saturated carbocycles. The van der Waals surface area contributed by atoms with Crippen LogP contribution in [0.1, 0.15) is 29.6 Å². The lowest BCUT2D eigenvalue weighted by atomic mass is 10.0. The van der Waals surface area contributed by atoms with Crippen molar-refractivity contribution in [2.24, 2.45) is 5.92 Å². The lowest BCUT2D eigenvalue weighted by Crippen LogP contribution is -2.38. The van der Waals surface area contributed by atoms with E-state index in [4.69, 9.17) is 23.2 Å². The summed E-state index contributed by atoms with van der Waals surface area (Å²) < 4.78 is 13.4. The molecule has 0 saturated heterocycles. The van der Waals surface area contributed by atoms with Crippen molar-refractivity contribution in [1.82, 2.24) is 5.32 Å². The van der Waals surface area contributed by atoms with Crippen LogP contribution in [-0.4, -0.2) is 23.7 Å². The summed E-state index contributed by atoms with van der Waals surface area (Å²) in [6.45, 7) is 0.0354. The van der Waals surface area contributed by atoms with E-state index in [2.05, 4.69) is 5.32 Å². The number of rotatable bonds is 3. The topological polar surface area (TPSA) is 49.3 Å². The average molecular weight is 306 g/mol. The monoisotopic (exact) mass is 305 g/mol. The van der Waals surface area contributed by atoms with E-state index in [0.29, 0.717) is 0 Å². The van der Waals surface area contributed by atoms with E-state index >= 15 is 0 Å². The summed E-state index contributed by atoms with van der Waals surface area (Å²) in [5.74, 6) is -1.06. The van der Waals surface area contributed by atoms with Crippen molar-refractivity contribution in [3.63, 3.8) is 0 Å². The predicted octanol–water partition coefficient (Wildman–Crippen LogP) is 3.02. The molecule has 19 heavy (non-hydrogen) atoms. The fourth-order valence-corrected chi connectivity index (χ4v) is 2.86. The maximum atomic E-state index is 13.4. The lowest BCUT2D eigenvalue weighted by Gasteiger charge is -2.19. The van der Waals surface area contributed by atoms with Crippen molar-refractivity contribution in [3.8, 4) is 0 Å². The highest BCUT2D eigenvalue weighted by Gasteiger charge is 2.28. The molecule has 1 aromatic rings. The molecule has 2 rings (SSSR count). The van der Waals surface area contributed by atoms with E-state index in [1.807, 2.05) is 0 Å². The van der Waals surface area contributed by atoms with Gasteiger partial charge in [0.05, 0.1) is 15.6 Å². The maximum absolute atomic E-state index is 13.4. The fourth-order valence-electron chi connectivity index (χ4n) is 2.39. The molecule has 1 aliphatic rings. The minimum Gasteiger partial charge on any atom is -0.396 e. The Kier molecular flexibility index (Phi) is 4.66. The Hall–Kier alpha value is -0.840. The van der Waals surface area contributed by atoms with Crippen LogP contribution in [0.25, 0.3) is 0 Å². The first-order valence-electron chi connectivity index (χ1n) is 6.09. The second kappa shape index (κ2) is 6.07. The third kappa shape index (κ3) is 3.19. The second-order valence-corrected chi connectivity index (χ2v) is 5.51. The standard InChI is InChI=1S/C13H14Cl2FNO2/c14-9-5-10(15)11(16)4-8(9)13(19)17-12-3-1-2-7(12)6-18/h4-5,7,12,18H,1-3,6H2,(H,17,19). The van der Waals surface area contributed by atoms with E-state index in [-0.39, 0.29) is 34.2 Å². The van der Waals surface area contributed by atoms with E-state index < -0.39 is 11.7 Å². The Morgan fingerprint density at radius 2 is 2.11 bits per heavy atom. The molecule has 2 N–H and O–H groups in total. The van der Waals surface area contributed by atoms with E-state index in [9.17, 15) is 14.3 Å². The summed E-state index contributed by atoms with van der Waals surface area (Å²) >= 11 is 11.5. The number of benzene rings is 1. The number of halogens is 3. The summed E-state index contributed by atoms with van der Waals surface area (Å²) in [5.41, 5.74) is 0.0622. The Morgan fingerprint density at radius 3 is 2.79 bits per heavy atom. The maximum Gasteiger partial charge on any atom is 0.253 e. The fraction of sp³-hybridized carbons (Fsp3) is 0.462. The summed E-state index contributed by atoms with van der Waals surface area (Å²) in [4.78, 5) is 12.1. The van der Waals surface area contributed by atoms with Gasteiger partial charge in [0.1, 0.15) is 5.82 Å². The molecule has 0 aliphatic heterocycles. The Labute approximate surface area is 120 Å². The zero-order chi connectivity index (χ0) is 14.0. The van der Waals surface area contributed by atoms with Gasteiger partial charge in [0.2, 0.25) is 0 Å². The smallest absolute Gasteiger partial charge is 0.253 e. The number of nitrogens with one attached hydrogen (secondary N) is 1. The van der Waals surface area contributed by atoms with Crippen molar-refractivity contribution in [2.45, 2.75) is 25.3 Å². The first kappa shape index (κ1) is 14.6. The van der Waals surface area contributed by atoms with Gasteiger partial charge in [-0.25, -0.2) is 4.39 Å². The normalized spacial score (nSPS) is 22.5. The molecule has 1 amide bonds. The summed E-state index contributed by atoms with van der Waals surface area (Å²) in [6.07, 6.45) is 2.65. The minimum atomic E-state index is -0.679. The molecule has 0 aromatic heterocycles. The first-order chi connectivity index (χ1) is 9.02. The third-order valence-electron chi connectivity index (χ3n) is 3.46. The van der Waals surface area contributed by atoms with E-state index in [1.54, 1.807) is 0 Å². The molecule has 1 fully saturated rings. The average Bonchev–Trinajstić information content (AvgIpc) is 2.80. The van der Waals surface area contributed by atoms with E-state index in [1.165, 1.54) is 6.07 Å². The van der Waals surface area contributed by atoms with Gasteiger partial charge >= 0.3 is 0 Å². The second-order valence-electron chi connectivity index (χ2n) is 4.70. The van der Waals surface area contributed by atoms with Crippen molar-refractivity contribution < 1.29 is 14.3 Å². The molecule has 3 nitrogen and oxygen atoms in total. The molecule has 0 bridgehead atoms. The van der Waals surface area contributed by atoms with Gasteiger partial charge in [0.25, 0.3) is 5.91 Å². The van der Waals surface area contributed by atoms with Gasteiger partial charge in [-0.2, -0.15) is 0 Å². The molecule has 2 unspecified atom stereocenters. The summed E-state index contributed by atoms with van der Waals surface area (Å²) in [6, 6.07) is 2.15. The number of hydrogen-bond acceptors (Lipinski definition) is 2. The van der Waals surface area contributed by atoms with Crippen LogP contribution in [-0.2, 0) is 0 Å². The highest BCUT2D eigenvalue weighted by molar-refractivity contribution is 6.36. The van der Waals surface area contributed by atoms with Crippen LogP contribution in [0.2, 0.25) is 10.0 Å². The Balaban J connectivity index is 2.14. The lowest BCUT2D eigenvalue weighted by molar-refractivity contribution is 0.0916. The van der Waals surface area contributed by atoms with Crippen molar-refractivity contribution in [2.75, 3.05) is 6.61 Å². The predicted molar refractivity (Wildman–Crippen MR) is 72.1 cm³/mol. The van der Waals surface area contributed by atoms with Gasteiger partial charge in [-0.15, -0.1) is 0 Å². The zero-order valence-electron chi connectivity index (χ0n) is 10.1. The van der Waals surface area contributed by atoms with Gasteiger partial charge in [-0.3, -0.25) is 4.79 Å². The van der Waals surface area contributed by atoms with Crippen LogP contribution in [0.5, 0.6) is 0 Å². The summed E-state index contributed by atoms with van der Waals surface area (Å²) in [7, 11) is 0. The molecule has 0 spiro atoms. The Morgan fingerprint density at radius 1 is 1.37 bits per heavy atom. The van der Waals surface area contributed by atoms with Gasteiger partial charge in [0.15, 0.2) is 0 Å². The highest BCUT2D eigenvalue weighted by atomic mass is 35.5. The molecule has 0 heterocycles. The minimum absolute atomic E-state index is 0.0354. The van der Waals surface area contributed by atoms with Crippen LogP contribution >= 0.6 is 23.2 Å².